The molecule has 72 heavy (non-hydrogen) atoms. The number of pyridine rings is 1. The summed E-state index contributed by atoms with van der Waals surface area (Å²) in [5.74, 6) is 0.493. The van der Waals surface area contributed by atoms with E-state index in [0.29, 0.717) is 78.3 Å². The minimum atomic E-state index is -3.41. The van der Waals surface area contributed by atoms with Crippen molar-refractivity contribution in [2.24, 2.45) is 0 Å². The number of nitrogens with zero attached hydrogens (tertiary/aromatic N) is 3. The van der Waals surface area contributed by atoms with Crippen molar-refractivity contribution in [2.45, 2.75) is 85.2 Å². The Morgan fingerprint density at radius 3 is 1.75 bits per heavy atom. The fraction of sp³-hybridized carbons (Fsp3) is 0.194. The van der Waals surface area contributed by atoms with Gasteiger partial charge in [-0.3, -0.25) is 9.55 Å². The van der Waals surface area contributed by atoms with Crippen molar-refractivity contribution < 1.29 is 42.6 Å². The minimum absolute atomic E-state index is 0. The summed E-state index contributed by atoms with van der Waals surface area (Å²) in [5.41, 5.74) is 7.93. The van der Waals surface area contributed by atoms with Gasteiger partial charge in [0.25, 0.3) is 0 Å². The maximum Gasteiger partial charge on any atom is 0.148 e. The van der Waals surface area contributed by atoms with E-state index in [9.17, 15) is 5.11 Å². The normalized spacial score (nSPS) is 15.1. The Kier molecular flexibility index (Phi) is 9.93. The second kappa shape index (κ2) is 19.5. The van der Waals surface area contributed by atoms with Crippen molar-refractivity contribution in [3.05, 3.63) is 217 Å². The van der Waals surface area contributed by atoms with Gasteiger partial charge in [-0.1, -0.05) is 218 Å². The third-order valence-electron chi connectivity index (χ3n) is 13.2. The average molecular weight is 1130 g/mol. The Bertz CT molecular complexity index is 4010. The van der Waals surface area contributed by atoms with Crippen LogP contribution in [0.5, 0.6) is 5.75 Å². The van der Waals surface area contributed by atoms with Crippen molar-refractivity contribution in [1.82, 2.24) is 14.5 Å². The van der Waals surface area contributed by atoms with Crippen LogP contribution in [0.25, 0.3) is 95.0 Å². The summed E-state index contributed by atoms with van der Waals surface area (Å²) in [4.78, 5) is 10.5. The van der Waals surface area contributed by atoms with Crippen molar-refractivity contribution >= 4 is 11.0 Å². The van der Waals surface area contributed by atoms with Gasteiger partial charge >= 0.3 is 0 Å². The molecule has 0 radical (unpaired) electrons. The number of rotatable bonds is 8. The van der Waals surface area contributed by atoms with Gasteiger partial charge in [-0.2, -0.15) is 0 Å². The molecule has 0 saturated carbocycles. The molecular weight excluding hydrogens is 1060 g/mol. The third kappa shape index (κ3) is 9.78. The van der Waals surface area contributed by atoms with Gasteiger partial charge in [0.05, 0.1) is 22.3 Å². The number of fused-ring (bicyclic) bond motifs is 1. The van der Waals surface area contributed by atoms with Gasteiger partial charge in [0.1, 0.15) is 11.6 Å². The van der Waals surface area contributed by atoms with Crippen LogP contribution in [0.15, 0.2) is 188 Å². The Balaban J connectivity index is 0.00000846. The molecule has 0 spiro atoms. The number of hydrogen-bond acceptors (Lipinski definition) is 3. The standard InChI is InChI=1S/C67H62N3O.Pt/c1-43-35-56(47-25-18-13-19-26-47)61(42-55(43)46-23-16-12-17-24-46)70-60-28-20-27-54(62(60)69-64(70)57-40-53(66(5,6)7)41-58(63(57)71)67(8,9)10)50-36-49(44-21-14-11-15-22-44)37-51(38-50)59-39-48(33-34-68-59)45-29-31-52(32-30-45)65(2,3)4;/h11-37,39-42,71H,1-10H3;/q-1;/i1D3,2D3,3D3,4D3;. The molecule has 4 nitrogen and oxygen atoms in total. The molecule has 0 aliphatic heterocycles. The zero-order valence-corrected chi connectivity index (χ0v) is 43.3. The van der Waals surface area contributed by atoms with E-state index in [0.717, 1.165) is 27.8 Å². The molecule has 10 aromatic rings. The summed E-state index contributed by atoms with van der Waals surface area (Å²) in [6, 6.07) is 59.6. The SMILES string of the molecule is [2H]C([2H])([2H])c1cc(-c2ccccc2)c(-n2c(-c3cc(C(C)(C)C)cc(C(C)(C)C)c3O)nc3c(-c4[c-]c(-c5cc(-c6ccc(C(C([2H])([2H])[2H])(C([2H])([2H])[2H])C([2H])([2H])[2H])cc6)ccn5)cc(-c5ccccc5)c4)cccc32)cc1-c1ccccc1.[Pt]. The number of aromatic hydroxyl groups is 1. The van der Waals surface area contributed by atoms with Crippen LogP contribution in [-0.4, -0.2) is 19.6 Å². The molecule has 0 bridgehead atoms. The number of aromatic nitrogens is 3. The predicted octanol–water partition coefficient (Wildman–Crippen LogP) is 17.8. The number of benzene rings is 8. The Hall–Kier alpha value is -7.13. The van der Waals surface area contributed by atoms with Crippen molar-refractivity contribution in [3.8, 4) is 89.7 Å². The van der Waals surface area contributed by atoms with E-state index >= 15 is 0 Å². The Morgan fingerprint density at radius 2 is 1.12 bits per heavy atom. The van der Waals surface area contributed by atoms with E-state index in [1.54, 1.807) is 18.3 Å². The van der Waals surface area contributed by atoms with Gasteiger partial charge < -0.3 is 5.11 Å². The Morgan fingerprint density at radius 1 is 0.500 bits per heavy atom. The number of hydrogen-bond donors (Lipinski definition) is 1. The largest absolute Gasteiger partial charge is 0.507 e. The first-order valence-electron chi connectivity index (χ1n) is 29.8. The molecule has 8 aromatic carbocycles. The van der Waals surface area contributed by atoms with Gasteiger partial charge in [0.15, 0.2) is 0 Å². The quantitative estimate of drug-likeness (QED) is 0.154. The monoisotopic (exact) mass is 1130 g/mol. The van der Waals surface area contributed by atoms with E-state index in [1.165, 1.54) is 24.3 Å². The van der Waals surface area contributed by atoms with Crippen LogP contribution in [0.2, 0.25) is 0 Å². The van der Waals surface area contributed by atoms with Crippen LogP contribution in [0.1, 0.15) is 101 Å². The molecular formula is C67H62N3OPt-. The first-order chi connectivity index (χ1) is 38.9. The molecule has 1 N–H and O–H groups in total. The van der Waals surface area contributed by atoms with Crippen molar-refractivity contribution in [3.63, 3.8) is 0 Å². The molecule has 0 atom stereocenters. The fourth-order valence-electron chi connectivity index (χ4n) is 9.35. The summed E-state index contributed by atoms with van der Waals surface area (Å²) in [6.07, 6.45) is 1.63. The van der Waals surface area contributed by atoms with Crippen LogP contribution in [0, 0.1) is 12.9 Å². The first-order valence-corrected chi connectivity index (χ1v) is 23.8. The van der Waals surface area contributed by atoms with E-state index in [-0.39, 0.29) is 43.4 Å². The predicted molar refractivity (Wildman–Crippen MR) is 298 cm³/mol. The summed E-state index contributed by atoms with van der Waals surface area (Å²) < 4.78 is 103. The maximum absolute atomic E-state index is 12.8. The average Bonchev–Trinajstić information content (AvgIpc) is 1.02. The zero-order chi connectivity index (χ0) is 59.8. The number of phenolic OH excluding ortho intramolecular Hbond substituents is 1. The number of phenols is 1. The van der Waals surface area contributed by atoms with Crippen molar-refractivity contribution in [1.29, 1.82) is 0 Å². The molecule has 10 rings (SSSR count). The summed E-state index contributed by atoms with van der Waals surface area (Å²) in [7, 11) is 0. The van der Waals surface area contributed by atoms with Crippen LogP contribution in [-0.2, 0) is 37.3 Å². The first kappa shape index (κ1) is 36.7. The summed E-state index contributed by atoms with van der Waals surface area (Å²) in [6.45, 7) is -0.124. The summed E-state index contributed by atoms with van der Waals surface area (Å²) in [5, 5.41) is 12.8. The second-order valence-electron chi connectivity index (χ2n) is 20.3. The fourth-order valence-corrected chi connectivity index (χ4v) is 9.35. The maximum atomic E-state index is 12.8. The van der Waals surface area contributed by atoms with Gasteiger partial charge in [-0.25, -0.2) is 4.98 Å². The Labute approximate surface area is 457 Å². The van der Waals surface area contributed by atoms with E-state index in [4.69, 9.17) is 26.4 Å². The van der Waals surface area contributed by atoms with E-state index < -0.39 is 38.2 Å². The van der Waals surface area contributed by atoms with Gasteiger partial charge in [0.2, 0.25) is 0 Å². The van der Waals surface area contributed by atoms with Gasteiger partial charge in [-0.15, -0.1) is 23.8 Å². The van der Waals surface area contributed by atoms with E-state index in [1.807, 2.05) is 144 Å². The summed E-state index contributed by atoms with van der Waals surface area (Å²) >= 11 is 0. The van der Waals surface area contributed by atoms with Crippen LogP contribution < -0.4 is 0 Å². The molecule has 0 fully saturated rings. The molecule has 0 aliphatic rings. The molecule has 5 heteroatoms. The molecule has 362 valence electrons. The molecule has 0 aliphatic carbocycles. The second-order valence-corrected chi connectivity index (χ2v) is 20.3. The zero-order valence-electron chi connectivity index (χ0n) is 53.0. The van der Waals surface area contributed by atoms with Gasteiger partial charge in [0, 0.05) is 60.5 Å². The molecule has 0 amide bonds. The van der Waals surface area contributed by atoms with Crippen LogP contribution in [0.3, 0.4) is 0 Å². The van der Waals surface area contributed by atoms with E-state index in [2.05, 4.69) is 53.7 Å². The minimum Gasteiger partial charge on any atom is -0.507 e. The number of aryl methyl sites for hydroxylation is 1. The number of para-hydroxylation sites is 1. The molecule has 0 saturated heterocycles. The molecule has 2 aromatic heterocycles. The smallest absolute Gasteiger partial charge is 0.148 e. The topological polar surface area (TPSA) is 50.9 Å². The molecule has 2 heterocycles. The third-order valence-corrected chi connectivity index (χ3v) is 13.2. The van der Waals surface area contributed by atoms with Crippen LogP contribution >= 0.6 is 0 Å². The molecule has 0 unspecified atom stereocenters. The van der Waals surface area contributed by atoms with Gasteiger partial charge in [-0.05, 0) is 103 Å². The van der Waals surface area contributed by atoms with Crippen molar-refractivity contribution in [2.75, 3.05) is 0 Å². The van der Waals surface area contributed by atoms with Crippen LogP contribution in [0.4, 0.5) is 0 Å². The number of imidazole rings is 1.